The van der Waals surface area contributed by atoms with Gasteiger partial charge in [0.15, 0.2) is 0 Å². The van der Waals surface area contributed by atoms with Gasteiger partial charge in [-0.2, -0.15) is 11.8 Å². The van der Waals surface area contributed by atoms with E-state index in [4.69, 9.17) is 4.74 Å². The standard InChI is InChI=1S/C16H30O5S/c1-9(2)11-5-4-10(3)6-13(11)22-8-16(20)15(19)14(18)12(17)7-21-16/h9-15,17-20H,4-8H2,1-3H3/t10-,11+,12-,13+,14-,15+,16-/m1/s1. The summed E-state index contributed by atoms with van der Waals surface area (Å²) >= 11 is 1.62. The molecule has 6 heteroatoms. The molecule has 130 valence electrons. The largest absolute Gasteiger partial charge is 0.388 e. The molecule has 1 aliphatic carbocycles. The summed E-state index contributed by atoms with van der Waals surface area (Å²) in [7, 11) is 0. The molecule has 2 aliphatic rings. The first-order valence-corrected chi connectivity index (χ1v) is 9.31. The highest BCUT2D eigenvalue weighted by molar-refractivity contribution is 8.00. The van der Waals surface area contributed by atoms with Crippen LogP contribution in [0.4, 0.5) is 0 Å². The third-order valence-electron chi connectivity index (χ3n) is 5.15. The summed E-state index contributed by atoms with van der Waals surface area (Å²) in [5.74, 6) is 0.279. The third-order valence-corrected chi connectivity index (χ3v) is 6.70. The molecule has 2 fully saturated rings. The summed E-state index contributed by atoms with van der Waals surface area (Å²) in [6, 6.07) is 0. The van der Waals surface area contributed by atoms with Crippen molar-refractivity contribution in [3.8, 4) is 0 Å². The SMILES string of the molecule is CC(C)[C@@H]1CC[C@@H](C)C[C@@H]1SC[C@@]1(O)OC[C@@H](O)[C@@H](O)[C@@H]1O. The van der Waals surface area contributed by atoms with Crippen LogP contribution in [-0.4, -0.2) is 62.1 Å². The second kappa shape index (κ2) is 7.36. The zero-order valence-corrected chi connectivity index (χ0v) is 14.5. The van der Waals surface area contributed by atoms with Crippen LogP contribution in [0.25, 0.3) is 0 Å². The fourth-order valence-electron chi connectivity index (χ4n) is 3.55. The summed E-state index contributed by atoms with van der Waals surface area (Å²) < 4.78 is 5.25. The molecule has 0 aromatic carbocycles. The van der Waals surface area contributed by atoms with Gasteiger partial charge in [0.25, 0.3) is 0 Å². The van der Waals surface area contributed by atoms with E-state index in [9.17, 15) is 20.4 Å². The van der Waals surface area contributed by atoms with Crippen LogP contribution in [0.5, 0.6) is 0 Å². The molecule has 1 saturated heterocycles. The van der Waals surface area contributed by atoms with Crippen molar-refractivity contribution in [2.75, 3.05) is 12.4 Å². The molecule has 0 radical (unpaired) electrons. The number of aliphatic hydroxyl groups is 4. The van der Waals surface area contributed by atoms with E-state index >= 15 is 0 Å². The van der Waals surface area contributed by atoms with E-state index in [0.717, 1.165) is 6.42 Å². The summed E-state index contributed by atoms with van der Waals surface area (Å²) in [4.78, 5) is 0. The van der Waals surface area contributed by atoms with Crippen LogP contribution in [0.1, 0.15) is 40.0 Å². The van der Waals surface area contributed by atoms with Crippen LogP contribution >= 0.6 is 11.8 Å². The minimum absolute atomic E-state index is 0.163. The van der Waals surface area contributed by atoms with Crippen LogP contribution < -0.4 is 0 Å². The molecule has 22 heavy (non-hydrogen) atoms. The maximum absolute atomic E-state index is 10.5. The fraction of sp³-hybridized carbons (Fsp3) is 1.00. The molecule has 5 nitrogen and oxygen atoms in total. The van der Waals surface area contributed by atoms with E-state index in [1.165, 1.54) is 12.8 Å². The van der Waals surface area contributed by atoms with Gasteiger partial charge in [-0.3, -0.25) is 0 Å². The van der Waals surface area contributed by atoms with Gasteiger partial charge in [-0.05, 0) is 30.6 Å². The van der Waals surface area contributed by atoms with E-state index < -0.39 is 24.1 Å². The van der Waals surface area contributed by atoms with Gasteiger partial charge in [0.1, 0.15) is 18.3 Å². The molecule has 1 aliphatic heterocycles. The molecule has 0 spiro atoms. The molecule has 7 atom stereocenters. The first-order chi connectivity index (χ1) is 10.2. The number of rotatable bonds is 4. The number of aliphatic hydroxyl groups excluding tert-OH is 3. The quantitative estimate of drug-likeness (QED) is 0.613. The lowest BCUT2D eigenvalue weighted by Gasteiger charge is -2.43. The minimum atomic E-state index is -1.79. The molecule has 1 heterocycles. The average Bonchev–Trinajstić information content (AvgIpc) is 2.47. The molecule has 1 saturated carbocycles. The molecular weight excluding hydrogens is 304 g/mol. The predicted octanol–water partition coefficient (Wildman–Crippen LogP) is 0.982. The van der Waals surface area contributed by atoms with E-state index in [1.54, 1.807) is 11.8 Å². The third kappa shape index (κ3) is 3.97. The Labute approximate surface area is 137 Å². The Hall–Kier alpha value is 0.150. The average molecular weight is 334 g/mol. The molecule has 2 rings (SSSR count). The number of hydrogen-bond donors (Lipinski definition) is 4. The van der Waals surface area contributed by atoms with Crippen molar-refractivity contribution in [3.05, 3.63) is 0 Å². The van der Waals surface area contributed by atoms with Gasteiger partial charge in [-0.1, -0.05) is 27.2 Å². The van der Waals surface area contributed by atoms with Crippen molar-refractivity contribution in [1.82, 2.24) is 0 Å². The van der Waals surface area contributed by atoms with Crippen LogP contribution in [0.15, 0.2) is 0 Å². The summed E-state index contributed by atoms with van der Waals surface area (Å²) in [6.45, 7) is 6.55. The van der Waals surface area contributed by atoms with Gasteiger partial charge in [0, 0.05) is 5.25 Å². The monoisotopic (exact) mass is 334 g/mol. The van der Waals surface area contributed by atoms with Gasteiger partial charge in [0.2, 0.25) is 5.79 Å². The van der Waals surface area contributed by atoms with Gasteiger partial charge < -0.3 is 25.2 Å². The van der Waals surface area contributed by atoms with Crippen LogP contribution in [0.3, 0.4) is 0 Å². The first-order valence-electron chi connectivity index (χ1n) is 8.26. The molecule has 4 N–H and O–H groups in total. The highest BCUT2D eigenvalue weighted by Gasteiger charge is 2.49. The topological polar surface area (TPSA) is 90.2 Å². The van der Waals surface area contributed by atoms with Crippen LogP contribution in [-0.2, 0) is 4.74 Å². The fourth-order valence-corrected chi connectivity index (χ4v) is 5.42. The van der Waals surface area contributed by atoms with Crippen molar-refractivity contribution >= 4 is 11.8 Å². The van der Waals surface area contributed by atoms with Crippen LogP contribution in [0.2, 0.25) is 0 Å². The van der Waals surface area contributed by atoms with E-state index in [0.29, 0.717) is 23.0 Å². The predicted molar refractivity (Wildman–Crippen MR) is 86.5 cm³/mol. The Morgan fingerprint density at radius 3 is 2.55 bits per heavy atom. The van der Waals surface area contributed by atoms with Gasteiger partial charge in [-0.15, -0.1) is 0 Å². The van der Waals surface area contributed by atoms with E-state index in [-0.39, 0.29) is 12.4 Å². The van der Waals surface area contributed by atoms with E-state index in [2.05, 4.69) is 20.8 Å². The molecule has 0 aromatic rings. The van der Waals surface area contributed by atoms with Gasteiger partial charge >= 0.3 is 0 Å². The highest BCUT2D eigenvalue weighted by atomic mass is 32.2. The highest BCUT2D eigenvalue weighted by Crippen LogP contribution is 2.42. The van der Waals surface area contributed by atoms with Gasteiger partial charge in [-0.25, -0.2) is 0 Å². The number of hydrogen-bond acceptors (Lipinski definition) is 6. The normalized spacial score (nSPS) is 46.9. The second-order valence-electron chi connectivity index (χ2n) is 7.33. The van der Waals surface area contributed by atoms with Crippen molar-refractivity contribution < 1.29 is 25.2 Å². The van der Waals surface area contributed by atoms with E-state index in [1.807, 2.05) is 0 Å². The molecule has 0 bridgehead atoms. The Morgan fingerprint density at radius 1 is 1.23 bits per heavy atom. The lowest BCUT2D eigenvalue weighted by Crippen LogP contribution is -2.62. The molecule has 0 aromatic heterocycles. The molecular formula is C16H30O5S. The number of thioether (sulfide) groups is 1. The van der Waals surface area contributed by atoms with Crippen LogP contribution in [0, 0.1) is 17.8 Å². The Bertz CT molecular complexity index is 366. The molecule has 0 amide bonds. The second-order valence-corrected chi connectivity index (χ2v) is 8.56. The van der Waals surface area contributed by atoms with Crippen molar-refractivity contribution in [3.63, 3.8) is 0 Å². The van der Waals surface area contributed by atoms with Crippen molar-refractivity contribution in [1.29, 1.82) is 0 Å². The summed E-state index contributed by atoms with van der Waals surface area (Å²) in [6.07, 6.45) is -0.468. The number of ether oxygens (including phenoxy) is 1. The Morgan fingerprint density at radius 2 is 1.91 bits per heavy atom. The van der Waals surface area contributed by atoms with Crippen molar-refractivity contribution in [2.24, 2.45) is 17.8 Å². The Kier molecular flexibility index (Phi) is 6.19. The zero-order chi connectivity index (χ0) is 16.5. The van der Waals surface area contributed by atoms with Gasteiger partial charge in [0.05, 0.1) is 12.4 Å². The maximum atomic E-state index is 10.5. The Balaban J connectivity index is 1.97. The smallest absolute Gasteiger partial charge is 0.204 e. The zero-order valence-electron chi connectivity index (χ0n) is 13.7. The lowest BCUT2D eigenvalue weighted by molar-refractivity contribution is -0.309. The van der Waals surface area contributed by atoms with Crippen molar-refractivity contribution in [2.45, 2.75) is 69.4 Å². The lowest BCUT2D eigenvalue weighted by atomic mass is 9.77. The minimum Gasteiger partial charge on any atom is -0.388 e. The summed E-state index contributed by atoms with van der Waals surface area (Å²) in [5, 5.41) is 40.2. The first kappa shape index (κ1) is 18.5. The molecule has 0 unspecified atom stereocenters. The summed E-state index contributed by atoms with van der Waals surface area (Å²) in [5.41, 5.74) is 0. The maximum Gasteiger partial charge on any atom is 0.204 e.